The van der Waals surface area contributed by atoms with Gasteiger partial charge in [0.15, 0.2) is 0 Å². The monoisotopic (exact) mass is 518 g/mol. The highest BCUT2D eigenvalue weighted by Crippen LogP contribution is 2.65. The lowest BCUT2D eigenvalue weighted by Gasteiger charge is -2.36. The van der Waals surface area contributed by atoms with Crippen molar-refractivity contribution >= 4 is 46.0 Å². The molecule has 4 heterocycles. The Hall–Kier alpha value is -3.10. The van der Waals surface area contributed by atoms with Crippen LogP contribution in [0.25, 0.3) is 10.8 Å². The summed E-state index contributed by atoms with van der Waals surface area (Å²) in [7, 11) is 0. The van der Waals surface area contributed by atoms with E-state index in [-0.39, 0.29) is 25.0 Å². The highest BCUT2D eigenvalue weighted by Gasteiger charge is 2.73. The van der Waals surface area contributed by atoms with Crippen LogP contribution in [-0.2, 0) is 19.1 Å². The molecule has 1 unspecified atom stereocenters. The topological polar surface area (TPSA) is 87.1 Å². The molecule has 2 saturated heterocycles. The fourth-order valence-corrected chi connectivity index (χ4v) is 8.71. The number of aliphatic hydroxyl groups is 1. The van der Waals surface area contributed by atoms with Gasteiger partial charge in [-0.3, -0.25) is 14.4 Å². The number of amides is 2. The molecule has 1 spiro atoms. The predicted molar refractivity (Wildman–Crippen MR) is 143 cm³/mol. The number of nitrogens with zero attached hydrogens (tertiary/aromatic N) is 2. The van der Waals surface area contributed by atoms with E-state index in [4.69, 9.17) is 4.74 Å². The lowest BCUT2D eigenvalue weighted by molar-refractivity contribution is -0.154. The van der Waals surface area contributed by atoms with Gasteiger partial charge in [0, 0.05) is 23.5 Å². The minimum absolute atomic E-state index is 0.0295. The van der Waals surface area contributed by atoms with Crippen LogP contribution in [0.1, 0.15) is 19.8 Å². The van der Waals surface area contributed by atoms with Crippen molar-refractivity contribution in [1.29, 1.82) is 0 Å². The lowest BCUT2D eigenvalue weighted by atomic mass is 9.74. The molecule has 8 heteroatoms. The minimum atomic E-state index is -0.948. The zero-order valence-corrected chi connectivity index (χ0v) is 21.5. The maximum Gasteiger partial charge on any atom is 0.311 e. The molecule has 4 aliphatic heterocycles. The predicted octanol–water partition coefficient (Wildman–Crippen LogP) is 3.32. The molecule has 0 radical (unpaired) electrons. The molecular formula is C29H30N2O5S. The number of rotatable bonds is 3. The molecule has 2 amide bonds. The fraction of sp³-hybridized carbons (Fsp3) is 0.414. The normalized spacial score (nSPS) is 34.2. The van der Waals surface area contributed by atoms with Crippen molar-refractivity contribution in [2.24, 2.45) is 11.8 Å². The summed E-state index contributed by atoms with van der Waals surface area (Å²) in [5, 5.41) is 12.0. The molecule has 192 valence electrons. The molecule has 7 nitrogen and oxygen atoms in total. The van der Waals surface area contributed by atoms with Gasteiger partial charge in [-0.15, -0.1) is 11.8 Å². The van der Waals surface area contributed by atoms with E-state index >= 15 is 0 Å². The Kier molecular flexibility index (Phi) is 5.92. The quantitative estimate of drug-likeness (QED) is 0.496. The molecule has 37 heavy (non-hydrogen) atoms. The van der Waals surface area contributed by atoms with E-state index in [9.17, 15) is 19.5 Å². The average molecular weight is 519 g/mol. The molecule has 0 bridgehead atoms. The zero-order chi connectivity index (χ0) is 25.8. The molecule has 1 N–H and O–H groups in total. The number of β-amino-alcohol motifs (C(OH)–C–C–N with tert-alkyl or cyclic N) is 1. The van der Waals surface area contributed by atoms with Crippen LogP contribution < -0.4 is 4.90 Å². The van der Waals surface area contributed by atoms with Gasteiger partial charge < -0.3 is 19.6 Å². The summed E-state index contributed by atoms with van der Waals surface area (Å²) in [6.07, 6.45) is 9.55. The molecule has 0 saturated carbocycles. The molecule has 5 atom stereocenters. The molecule has 0 aliphatic carbocycles. The van der Waals surface area contributed by atoms with Crippen molar-refractivity contribution in [3.63, 3.8) is 0 Å². The first-order chi connectivity index (χ1) is 17.9. The van der Waals surface area contributed by atoms with Crippen molar-refractivity contribution in [2.75, 3.05) is 31.2 Å². The maximum atomic E-state index is 14.4. The Balaban J connectivity index is 1.47. The van der Waals surface area contributed by atoms with E-state index in [1.165, 1.54) is 16.7 Å². The minimum Gasteiger partial charge on any atom is -0.465 e. The number of ether oxygens (including phenoxy) is 1. The largest absolute Gasteiger partial charge is 0.465 e. The number of hydrogen-bond donors (Lipinski definition) is 1. The molecule has 0 aromatic heterocycles. The van der Waals surface area contributed by atoms with Crippen LogP contribution in [-0.4, -0.2) is 69.6 Å². The first-order valence-corrected chi connectivity index (χ1v) is 13.6. The number of thioether (sulfide) groups is 1. The van der Waals surface area contributed by atoms with Crippen LogP contribution in [0.4, 0.5) is 5.69 Å². The summed E-state index contributed by atoms with van der Waals surface area (Å²) < 4.78 is 3.98. The Morgan fingerprint density at radius 3 is 2.65 bits per heavy atom. The molecule has 2 aromatic rings. The number of likely N-dealkylation sites (tertiary alicyclic amines) is 1. The van der Waals surface area contributed by atoms with Crippen LogP contribution in [0.5, 0.6) is 0 Å². The Labute approximate surface area is 220 Å². The Morgan fingerprint density at radius 2 is 1.84 bits per heavy atom. The second kappa shape index (κ2) is 9.03. The number of anilines is 1. The Bertz CT molecular complexity index is 1340. The number of benzene rings is 2. The SMILES string of the molecule is C[C@]12/C=C\CCCOC(=O)[C@H]1[C@H]1C(=O)N(CCO)C3C(=O)N(c4ccc5ccccc5c4)CC=C[C@@]31S2. The Morgan fingerprint density at radius 1 is 1.03 bits per heavy atom. The van der Waals surface area contributed by atoms with Crippen LogP contribution in [0.15, 0.2) is 66.8 Å². The number of allylic oxidation sites excluding steroid dienone is 1. The average Bonchev–Trinajstić information content (AvgIpc) is 3.23. The van der Waals surface area contributed by atoms with Gasteiger partial charge in [0.2, 0.25) is 5.91 Å². The van der Waals surface area contributed by atoms with Gasteiger partial charge in [-0.2, -0.15) is 0 Å². The molecule has 2 fully saturated rings. The van der Waals surface area contributed by atoms with E-state index in [2.05, 4.69) is 6.08 Å². The number of hydrogen-bond acceptors (Lipinski definition) is 6. The number of cyclic esters (lactones) is 1. The second-order valence-electron chi connectivity index (χ2n) is 10.3. The third-order valence-electron chi connectivity index (χ3n) is 8.14. The summed E-state index contributed by atoms with van der Waals surface area (Å²) in [4.78, 5) is 45.0. The molecule has 6 rings (SSSR count). The second-order valence-corrected chi connectivity index (χ2v) is 12.1. The van der Waals surface area contributed by atoms with Gasteiger partial charge in [-0.25, -0.2) is 0 Å². The van der Waals surface area contributed by atoms with E-state index in [1.807, 2.05) is 67.6 Å². The zero-order valence-electron chi connectivity index (χ0n) is 20.7. The fourth-order valence-electron chi connectivity index (χ4n) is 6.56. The van der Waals surface area contributed by atoms with Gasteiger partial charge in [0.05, 0.1) is 29.8 Å². The van der Waals surface area contributed by atoms with Gasteiger partial charge in [0.1, 0.15) is 6.04 Å². The highest BCUT2D eigenvalue weighted by atomic mass is 32.2. The van der Waals surface area contributed by atoms with Gasteiger partial charge in [-0.05, 0) is 42.7 Å². The van der Waals surface area contributed by atoms with Crippen LogP contribution >= 0.6 is 11.8 Å². The number of esters is 1. The summed E-state index contributed by atoms with van der Waals surface area (Å²) in [6.45, 7) is 2.40. The summed E-state index contributed by atoms with van der Waals surface area (Å²) in [5.74, 6) is -2.35. The smallest absolute Gasteiger partial charge is 0.311 e. The number of carbonyl (C=O) groups is 3. The van der Waals surface area contributed by atoms with E-state index in [1.54, 1.807) is 4.90 Å². The van der Waals surface area contributed by atoms with Gasteiger partial charge >= 0.3 is 5.97 Å². The molecule has 4 aliphatic rings. The van der Waals surface area contributed by atoms with Crippen LogP contribution in [0.3, 0.4) is 0 Å². The standard InChI is InChI=1S/C29H30N2O5S/c1-28-12-5-2-6-17-36-27(35)23(28)22-25(33)31(15-16-32)24-26(34)30(14-7-13-29(22,24)37-28)21-11-10-19-8-3-4-9-20(19)18-21/h3-5,7-13,18,22-24,32H,2,6,14-17H2,1H3/b12-5-/t22-,23+,24?,28-,29-/m0/s1. The molecular weight excluding hydrogens is 488 g/mol. The van der Waals surface area contributed by atoms with Crippen LogP contribution in [0.2, 0.25) is 0 Å². The van der Waals surface area contributed by atoms with E-state index in [0.29, 0.717) is 13.2 Å². The third-order valence-corrected chi connectivity index (χ3v) is 9.93. The van der Waals surface area contributed by atoms with Gasteiger partial charge in [0.25, 0.3) is 5.91 Å². The van der Waals surface area contributed by atoms with Crippen molar-refractivity contribution in [1.82, 2.24) is 4.90 Å². The lowest BCUT2D eigenvalue weighted by Crippen LogP contribution is -2.54. The number of aliphatic hydroxyl groups excluding tert-OH is 1. The summed E-state index contributed by atoms with van der Waals surface area (Å²) in [6, 6.07) is 13.0. The van der Waals surface area contributed by atoms with Gasteiger partial charge in [-0.1, -0.05) is 54.6 Å². The van der Waals surface area contributed by atoms with E-state index in [0.717, 1.165) is 29.3 Å². The van der Waals surface area contributed by atoms with Crippen molar-refractivity contribution in [2.45, 2.75) is 35.3 Å². The van der Waals surface area contributed by atoms with Crippen LogP contribution in [0, 0.1) is 11.8 Å². The maximum absolute atomic E-state index is 14.4. The van der Waals surface area contributed by atoms with Crippen molar-refractivity contribution in [3.05, 3.63) is 66.8 Å². The van der Waals surface area contributed by atoms with Crippen molar-refractivity contribution in [3.8, 4) is 0 Å². The summed E-state index contributed by atoms with van der Waals surface area (Å²) in [5.41, 5.74) is 0.751. The van der Waals surface area contributed by atoms with E-state index < -0.39 is 33.3 Å². The summed E-state index contributed by atoms with van der Waals surface area (Å²) >= 11 is 1.52. The molecule has 2 aromatic carbocycles. The highest BCUT2D eigenvalue weighted by molar-refractivity contribution is 8.02. The number of carbonyl (C=O) groups excluding carboxylic acids is 3. The first kappa shape index (κ1) is 24.2. The third kappa shape index (κ3) is 3.64. The number of fused-ring (bicyclic) bond motifs is 3. The van der Waals surface area contributed by atoms with Crippen molar-refractivity contribution < 1.29 is 24.2 Å². The first-order valence-electron chi connectivity index (χ1n) is 12.8.